The molecule has 19 heavy (non-hydrogen) atoms. The molecule has 1 unspecified atom stereocenters. The van der Waals surface area contributed by atoms with E-state index >= 15 is 0 Å². The second-order valence-corrected chi connectivity index (χ2v) is 5.29. The van der Waals surface area contributed by atoms with Crippen LogP contribution in [0.3, 0.4) is 0 Å². The van der Waals surface area contributed by atoms with Crippen LogP contribution in [0.4, 0.5) is 5.69 Å². The highest BCUT2D eigenvalue weighted by Crippen LogP contribution is 2.08. The first-order valence-corrected chi connectivity index (χ1v) is 6.95. The highest BCUT2D eigenvalue weighted by molar-refractivity contribution is 5.41. The molecule has 1 N–H and O–H groups in total. The van der Waals surface area contributed by atoms with Crippen LogP contribution in [0.5, 0.6) is 0 Å². The van der Waals surface area contributed by atoms with E-state index in [0.29, 0.717) is 12.5 Å². The Labute approximate surface area is 115 Å². The Morgan fingerprint density at radius 3 is 2.63 bits per heavy atom. The molecule has 1 aromatic heterocycles. The highest BCUT2D eigenvalue weighted by Gasteiger charge is 2.13. The second-order valence-electron chi connectivity index (χ2n) is 5.29. The van der Waals surface area contributed by atoms with E-state index in [4.69, 9.17) is 0 Å². The smallest absolute Gasteiger partial charge is 0.268 e. The number of hydrogen-bond acceptors (Lipinski definition) is 4. The lowest BCUT2D eigenvalue weighted by Gasteiger charge is -2.21. The van der Waals surface area contributed by atoms with Gasteiger partial charge in [0, 0.05) is 25.7 Å². The van der Waals surface area contributed by atoms with Crippen molar-refractivity contribution in [2.24, 2.45) is 5.92 Å². The SMILES string of the molecule is CCCN(C)c1cnn(CC(NC)C(C)C)c(=O)c1. The maximum Gasteiger partial charge on any atom is 0.268 e. The van der Waals surface area contributed by atoms with Gasteiger partial charge < -0.3 is 10.2 Å². The first-order chi connectivity index (χ1) is 8.99. The lowest BCUT2D eigenvalue weighted by Crippen LogP contribution is -2.39. The molecule has 0 saturated heterocycles. The summed E-state index contributed by atoms with van der Waals surface area (Å²) in [6.07, 6.45) is 2.82. The van der Waals surface area contributed by atoms with Crippen molar-refractivity contribution in [3.63, 3.8) is 0 Å². The van der Waals surface area contributed by atoms with Crippen molar-refractivity contribution in [1.82, 2.24) is 15.1 Å². The first-order valence-electron chi connectivity index (χ1n) is 6.95. The van der Waals surface area contributed by atoms with Crippen LogP contribution < -0.4 is 15.8 Å². The summed E-state index contributed by atoms with van der Waals surface area (Å²) in [5.74, 6) is 0.459. The molecule has 0 spiro atoms. The van der Waals surface area contributed by atoms with Crippen LogP contribution in [0, 0.1) is 5.92 Å². The molecule has 0 bridgehead atoms. The largest absolute Gasteiger partial charge is 0.373 e. The average molecular weight is 266 g/mol. The number of rotatable bonds is 7. The van der Waals surface area contributed by atoms with Gasteiger partial charge in [0.15, 0.2) is 0 Å². The molecular formula is C14H26N4O. The Balaban J connectivity index is 2.85. The second kappa shape index (κ2) is 7.28. The summed E-state index contributed by atoms with van der Waals surface area (Å²) in [4.78, 5) is 14.1. The molecule has 0 aliphatic rings. The monoisotopic (exact) mass is 266 g/mol. The standard InChI is InChI=1S/C14H26N4O/c1-6-7-17(5)12-8-14(19)18(16-9-12)10-13(15-4)11(2)3/h8-9,11,13,15H,6-7,10H2,1-5H3. The van der Waals surface area contributed by atoms with Crippen LogP contribution in [0.2, 0.25) is 0 Å². The van der Waals surface area contributed by atoms with Crippen molar-refractivity contribution >= 4 is 5.69 Å². The van der Waals surface area contributed by atoms with E-state index in [9.17, 15) is 4.79 Å². The average Bonchev–Trinajstić information content (AvgIpc) is 2.37. The molecule has 0 saturated carbocycles. The maximum atomic E-state index is 12.1. The van der Waals surface area contributed by atoms with Crippen molar-refractivity contribution in [3.05, 3.63) is 22.6 Å². The summed E-state index contributed by atoms with van der Waals surface area (Å²) < 4.78 is 1.53. The molecule has 1 rings (SSSR count). The number of nitrogens with zero attached hydrogens (tertiary/aromatic N) is 3. The number of hydrogen-bond donors (Lipinski definition) is 1. The van der Waals surface area contributed by atoms with Crippen LogP contribution >= 0.6 is 0 Å². The van der Waals surface area contributed by atoms with Crippen LogP contribution in [0.25, 0.3) is 0 Å². The number of aromatic nitrogens is 2. The van der Waals surface area contributed by atoms with Crippen molar-refractivity contribution in [2.45, 2.75) is 39.8 Å². The summed E-state index contributed by atoms with van der Waals surface area (Å²) >= 11 is 0. The fraction of sp³-hybridized carbons (Fsp3) is 0.714. The van der Waals surface area contributed by atoms with E-state index in [1.807, 2.05) is 14.1 Å². The van der Waals surface area contributed by atoms with E-state index in [-0.39, 0.29) is 11.6 Å². The molecule has 0 amide bonds. The fourth-order valence-corrected chi connectivity index (χ4v) is 2.06. The molecule has 1 heterocycles. The number of likely N-dealkylation sites (N-methyl/N-ethyl adjacent to an activating group) is 1. The van der Waals surface area contributed by atoms with Gasteiger partial charge >= 0.3 is 0 Å². The minimum absolute atomic E-state index is 0.0404. The summed E-state index contributed by atoms with van der Waals surface area (Å²) in [7, 11) is 3.90. The van der Waals surface area contributed by atoms with Crippen molar-refractivity contribution in [1.29, 1.82) is 0 Å². The van der Waals surface area contributed by atoms with Gasteiger partial charge in [-0.05, 0) is 19.4 Å². The van der Waals surface area contributed by atoms with Gasteiger partial charge in [-0.25, -0.2) is 4.68 Å². The Hall–Kier alpha value is -1.36. The third-order valence-corrected chi connectivity index (χ3v) is 3.40. The number of anilines is 1. The van der Waals surface area contributed by atoms with Gasteiger partial charge in [-0.3, -0.25) is 4.79 Å². The van der Waals surface area contributed by atoms with Gasteiger partial charge in [0.1, 0.15) is 0 Å². The van der Waals surface area contributed by atoms with E-state index in [1.165, 1.54) is 4.68 Å². The lowest BCUT2D eigenvalue weighted by molar-refractivity contribution is 0.355. The van der Waals surface area contributed by atoms with Gasteiger partial charge in [0.2, 0.25) is 0 Å². The van der Waals surface area contributed by atoms with E-state index in [0.717, 1.165) is 18.7 Å². The zero-order chi connectivity index (χ0) is 14.4. The summed E-state index contributed by atoms with van der Waals surface area (Å²) in [5.41, 5.74) is 0.843. The maximum absolute atomic E-state index is 12.1. The Kier molecular flexibility index (Phi) is 6.02. The Morgan fingerprint density at radius 2 is 2.16 bits per heavy atom. The highest BCUT2D eigenvalue weighted by atomic mass is 16.1. The topological polar surface area (TPSA) is 50.2 Å². The first kappa shape index (κ1) is 15.7. The fourth-order valence-electron chi connectivity index (χ4n) is 2.06. The molecule has 0 aliphatic heterocycles. The molecule has 1 atom stereocenters. The van der Waals surface area contributed by atoms with Gasteiger partial charge in [0.25, 0.3) is 5.56 Å². The van der Waals surface area contributed by atoms with E-state index in [1.54, 1.807) is 12.3 Å². The van der Waals surface area contributed by atoms with Gasteiger partial charge in [-0.2, -0.15) is 5.10 Å². The lowest BCUT2D eigenvalue weighted by atomic mass is 10.1. The third kappa shape index (κ3) is 4.35. The van der Waals surface area contributed by atoms with Gasteiger partial charge in [-0.15, -0.1) is 0 Å². The van der Waals surface area contributed by atoms with Crippen molar-refractivity contribution in [2.75, 3.05) is 25.5 Å². The van der Waals surface area contributed by atoms with E-state index < -0.39 is 0 Å². The van der Waals surface area contributed by atoms with Crippen LogP contribution in [0.15, 0.2) is 17.1 Å². The van der Waals surface area contributed by atoms with E-state index in [2.05, 4.69) is 36.1 Å². The summed E-state index contributed by atoms with van der Waals surface area (Å²) in [6, 6.07) is 1.92. The Morgan fingerprint density at radius 1 is 1.47 bits per heavy atom. The third-order valence-electron chi connectivity index (χ3n) is 3.40. The van der Waals surface area contributed by atoms with Crippen molar-refractivity contribution < 1.29 is 0 Å². The molecule has 5 nitrogen and oxygen atoms in total. The van der Waals surface area contributed by atoms with Gasteiger partial charge in [-0.1, -0.05) is 20.8 Å². The van der Waals surface area contributed by atoms with Crippen LogP contribution in [-0.4, -0.2) is 36.5 Å². The minimum Gasteiger partial charge on any atom is -0.373 e. The molecule has 108 valence electrons. The van der Waals surface area contributed by atoms with Crippen LogP contribution in [-0.2, 0) is 6.54 Å². The molecule has 1 aromatic rings. The zero-order valence-electron chi connectivity index (χ0n) is 12.7. The molecule has 0 aromatic carbocycles. The van der Waals surface area contributed by atoms with Crippen molar-refractivity contribution in [3.8, 4) is 0 Å². The predicted molar refractivity (Wildman–Crippen MR) is 79.7 cm³/mol. The predicted octanol–water partition coefficient (Wildman–Crippen LogP) is 1.33. The summed E-state index contributed by atoms with van der Waals surface area (Å²) in [5, 5.41) is 7.50. The van der Waals surface area contributed by atoms with Crippen LogP contribution in [0.1, 0.15) is 27.2 Å². The molecule has 0 aliphatic carbocycles. The molecule has 5 heteroatoms. The summed E-state index contributed by atoms with van der Waals surface area (Å²) in [6.45, 7) is 7.91. The zero-order valence-corrected chi connectivity index (χ0v) is 12.7. The molecular weight excluding hydrogens is 240 g/mol. The van der Waals surface area contributed by atoms with Gasteiger partial charge in [0.05, 0.1) is 18.4 Å². The minimum atomic E-state index is -0.0404. The quantitative estimate of drug-likeness (QED) is 0.809. The number of nitrogens with one attached hydrogen (secondary N) is 1. The normalized spacial score (nSPS) is 12.7. The molecule has 0 radical (unpaired) electrons. The Bertz CT molecular complexity index is 441. The molecule has 0 fully saturated rings.